The number of carboxylic acids is 1. The van der Waals surface area contributed by atoms with Gasteiger partial charge in [0.25, 0.3) is 0 Å². The Morgan fingerprint density at radius 2 is 1.92 bits per heavy atom. The van der Waals surface area contributed by atoms with E-state index in [9.17, 15) is 19.5 Å². The van der Waals surface area contributed by atoms with Gasteiger partial charge in [0.05, 0.1) is 12.0 Å². The molecule has 0 spiro atoms. The van der Waals surface area contributed by atoms with Gasteiger partial charge in [-0.2, -0.15) is 0 Å². The molecular weight excluding hydrogens is 336 g/mol. The predicted molar refractivity (Wildman–Crippen MR) is 93.0 cm³/mol. The number of alkyl carbamates (subject to hydrolysis) is 1. The Hall–Kier alpha value is -2.57. The van der Waals surface area contributed by atoms with Crippen molar-refractivity contribution in [1.29, 1.82) is 0 Å². The topological polar surface area (TPSA) is 98.8 Å². The van der Waals surface area contributed by atoms with Crippen molar-refractivity contribution in [2.75, 3.05) is 6.54 Å². The SMILES string of the molecule is CC(C)(C)OC(=O)N[C@H](Cc1ccccc1)C(=O)N1CCC[C@H]1C(=O)[O-]. The van der Waals surface area contributed by atoms with Gasteiger partial charge in [-0.3, -0.25) is 4.79 Å². The molecule has 2 atom stereocenters. The number of carboxylic acid groups (broad SMARTS) is 1. The molecule has 7 nitrogen and oxygen atoms in total. The summed E-state index contributed by atoms with van der Waals surface area (Å²) in [5.41, 5.74) is 0.150. The summed E-state index contributed by atoms with van der Waals surface area (Å²) in [4.78, 5) is 37.7. The molecule has 0 radical (unpaired) electrons. The van der Waals surface area contributed by atoms with Crippen molar-refractivity contribution < 1.29 is 24.2 Å². The molecule has 142 valence electrons. The number of nitrogens with zero attached hydrogens (tertiary/aromatic N) is 1. The largest absolute Gasteiger partial charge is 0.548 e. The number of carbonyl (C=O) groups excluding carboxylic acids is 3. The van der Waals surface area contributed by atoms with Crippen LogP contribution in [0.15, 0.2) is 30.3 Å². The fraction of sp³-hybridized carbons (Fsp3) is 0.526. The molecule has 26 heavy (non-hydrogen) atoms. The summed E-state index contributed by atoms with van der Waals surface area (Å²) >= 11 is 0. The Bertz CT molecular complexity index is 654. The Morgan fingerprint density at radius 1 is 1.27 bits per heavy atom. The first-order valence-electron chi connectivity index (χ1n) is 8.72. The van der Waals surface area contributed by atoms with Crippen LogP contribution >= 0.6 is 0 Å². The summed E-state index contributed by atoms with van der Waals surface area (Å²) in [6.45, 7) is 5.52. The lowest BCUT2D eigenvalue weighted by Gasteiger charge is -2.30. The van der Waals surface area contributed by atoms with Crippen LogP contribution in [0.3, 0.4) is 0 Å². The molecule has 0 bridgehead atoms. The highest BCUT2D eigenvalue weighted by atomic mass is 16.6. The standard InChI is InChI=1S/C19H26N2O5/c1-19(2,3)26-18(25)20-14(12-13-8-5-4-6-9-13)16(22)21-11-7-10-15(21)17(23)24/h4-6,8-9,14-15H,7,10-12H2,1-3H3,(H,20,25)(H,23,24)/p-1/t14-,15+/m1/s1. The van der Waals surface area contributed by atoms with Gasteiger partial charge in [-0.05, 0) is 39.2 Å². The number of carbonyl (C=O) groups is 3. The van der Waals surface area contributed by atoms with Crippen molar-refractivity contribution in [3.8, 4) is 0 Å². The van der Waals surface area contributed by atoms with Crippen molar-refractivity contribution in [3.05, 3.63) is 35.9 Å². The van der Waals surface area contributed by atoms with E-state index in [1.807, 2.05) is 30.3 Å². The van der Waals surface area contributed by atoms with Gasteiger partial charge in [-0.15, -0.1) is 0 Å². The fourth-order valence-corrected chi connectivity index (χ4v) is 2.98. The third-order valence-corrected chi connectivity index (χ3v) is 4.08. The number of ether oxygens (including phenoxy) is 1. The van der Waals surface area contributed by atoms with Crippen LogP contribution in [0.25, 0.3) is 0 Å². The van der Waals surface area contributed by atoms with E-state index in [0.717, 1.165) is 5.56 Å². The van der Waals surface area contributed by atoms with Crippen LogP contribution in [-0.2, 0) is 20.7 Å². The highest BCUT2D eigenvalue weighted by Crippen LogP contribution is 2.19. The van der Waals surface area contributed by atoms with Crippen molar-refractivity contribution in [1.82, 2.24) is 10.2 Å². The normalized spacial score (nSPS) is 18.3. The second kappa shape index (κ2) is 8.21. The van der Waals surface area contributed by atoms with Gasteiger partial charge in [-0.25, -0.2) is 4.79 Å². The first-order chi connectivity index (χ1) is 12.2. The quantitative estimate of drug-likeness (QED) is 0.839. The molecule has 1 aromatic rings. The van der Waals surface area contributed by atoms with E-state index in [2.05, 4.69) is 5.32 Å². The lowest BCUT2D eigenvalue weighted by Crippen LogP contribution is -2.55. The third-order valence-electron chi connectivity index (χ3n) is 4.08. The fourth-order valence-electron chi connectivity index (χ4n) is 2.98. The van der Waals surface area contributed by atoms with Gasteiger partial charge in [0.1, 0.15) is 11.6 Å². The molecule has 0 aromatic heterocycles. The van der Waals surface area contributed by atoms with Gasteiger partial charge in [0, 0.05) is 13.0 Å². The van der Waals surface area contributed by atoms with Gasteiger partial charge < -0.3 is 24.9 Å². The van der Waals surface area contributed by atoms with E-state index in [4.69, 9.17) is 4.74 Å². The minimum Gasteiger partial charge on any atom is -0.548 e. The average molecular weight is 361 g/mol. The molecule has 1 aliphatic rings. The molecule has 1 heterocycles. The number of hydrogen-bond donors (Lipinski definition) is 1. The zero-order valence-electron chi connectivity index (χ0n) is 15.4. The molecular formula is C19H25N2O5-. The van der Waals surface area contributed by atoms with Crippen molar-refractivity contribution in [2.45, 2.75) is 57.7 Å². The number of nitrogens with one attached hydrogen (secondary N) is 1. The summed E-state index contributed by atoms with van der Waals surface area (Å²) in [6.07, 6.45) is 0.485. The summed E-state index contributed by atoms with van der Waals surface area (Å²) in [5, 5.41) is 13.9. The van der Waals surface area contributed by atoms with Crippen LogP contribution < -0.4 is 10.4 Å². The number of benzene rings is 1. The van der Waals surface area contributed by atoms with E-state index < -0.39 is 35.7 Å². The van der Waals surface area contributed by atoms with Gasteiger partial charge >= 0.3 is 6.09 Å². The predicted octanol–water partition coefficient (Wildman–Crippen LogP) is 0.863. The van der Waals surface area contributed by atoms with E-state index in [-0.39, 0.29) is 6.42 Å². The Balaban J connectivity index is 2.17. The summed E-state index contributed by atoms with van der Waals surface area (Å²) in [5.74, 6) is -1.71. The molecule has 0 unspecified atom stereocenters. The van der Waals surface area contributed by atoms with Crippen LogP contribution in [0.2, 0.25) is 0 Å². The molecule has 2 rings (SSSR count). The molecule has 1 fully saturated rings. The smallest absolute Gasteiger partial charge is 0.408 e. The van der Waals surface area contributed by atoms with Gasteiger partial charge in [-0.1, -0.05) is 30.3 Å². The minimum atomic E-state index is -1.27. The second-order valence-corrected chi connectivity index (χ2v) is 7.40. The Kier molecular flexibility index (Phi) is 6.23. The van der Waals surface area contributed by atoms with Crippen LogP contribution in [0.5, 0.6) is 0 Å². The maximum atomic E-state index is 12.9. The molecule has 1 N–H and O–H groups in total. The number of rotatable bonds is 5. The maximum absolute atomic E-state index is 12.9. The number of likely N-dealkylation sites (tertiary alicyclic amines) is 1. The van der Waals surface area contributed by atoms with Crippen LogP contribution in [-0.4, -0.2) is 47.1 Å². The molecule has 1 aromatic carbocycles. The molecule has 0 aliphatic carbocycles. The van der Waals surface area contributed by atoms with E-state index in [0.29, 0.717) is 19.4 Å². The van der Waals surface area contributed by atoms with Crippen molar-refractivity contribution >= 4 is 18.0 Å². The van der Waals surface area contributed by atoms with E-state index in [1.54, 1.807) is 20.8 Å². The van der Waals surface area contributed by atoms with Gasteiger partial charge in [0.15, 0.2) is 0 Å². The van der Waals surface area contributed by atoms with Crippen LogP contribution in [0, 0.1) is 0 Å². The van der Waals surface area contributed by atoms with Crippen LogP contribution in [0.4, 0.5) is 4.79 Å². The highest BCUT2D eigenvalue weighted by molar-refractivity contribution is 5.89. The third kappa shape index (κ3) is 5.47. The molecule has 1 aliphatic heterocycles. The van der Waals surface area contributed by atoms with Crippen LogP contribution in [0.1, 0.15) is 39.2 Å². The highest BCUT2D eigenvalue weighted by Gasteiger charge is 2.35. The number of amides is 2. The first-order valence-corrected chi connectivity index (χ1v) is 8.72. The summed E-state index contributed by atoms with van der Waals surface area (Å²) in [6, 6.07) is 7.35. The lowest BCUT2D eigenvalue weighted by molar-refractivity contribution is -0.310. The Morgan fingerprint density at radius 3 is 2.50 bits per heavy atom. The molecule has 7 heteroatoms. The van der Waals surface area contributed by atoms with Crippen molar-refractivity contribution in [2.24, 2.45) is 0 Å². The monoisotopic (exact) mass is 361 g/mol. The Labute approximate surface area is 153 Å². The van der Waals surface area contributed by atoms with Gasteiger partial charge in [0.2, 0.25) is 5.91 Å². The summed E-state index contributed by atoms with van der Waals surface area (Å²) < 4.78 is 5.24. The molecule has 2 amide bonds. The minimum absolute atomic E-state index is 0.245. The average Bonchev–Trinajstić information content (AvgIpc) is 3.02. The second-order valence-electron chi connectivity index (χ2n) is 7.40. The first kappa shape index (κ1) is 19.8. The number of aliphatic carboxylic acids is 1. The lowest BCUT2D eigenvalue weighted by atomic mass is 10.0. The molecule has 1 saturated heterocycles. The van der Waals surface area contributed by atoms with Crippen molar-refractivity contribution in [3.63, 3.8) is 0 Å². The maximum Gasteiger partial charge on any atom is 0.408 e. The zero-order chi connectivity index (χ0) is 19.3. The number of hydrogen-bond acceptors (Lipinski definition) is 5. The molecule has 0 saturated carbocycles. The van der Waals surface area contributed by atoms with E-state index in [1.165, 1.54) is 4.90 Å². The summed E-state index contributed by atoms with van der Waals surface area (Å²) in [7, 11) is 0. The van der Waals surface area contributed by atoms with E-state index >= 15 is 0 Å². The zero-order valence-corrected chi connectivity index (χ0v) is 15.4.